The second-order valence-electron chi connectivity index (χ2n) is 6.97. The number of ether oxygens (including phenoxy) is 1. The van der Waals surface area contributed by atoms with E-state index in [2.05, 4.69) is 38.1 Å². The van der Waals surface area contributed by atoms with E-state index in [9.17, 15) is 4.79 Å². The lowest BCUT2D eigenvalue weighted by molar-refractivity contribution is -0.112. The standard InChI is InChI=1S/C20H30O2/c1-16(20-12-10-18(14-21)11-13-20)8-9-17(2)22-15-19-6-4-3-5-7-19/h3-7,14,16-18,20H,8-13,15H2,1-2H3. The highest BCUT2D eigenvalue weighted by Crippen LogP contribution is 2.34. The van der Waals surface area contributed by atoms with Crippen LogP contribution >= 0.6 is 0 Å². The maximum Gasteiger partial charge on any atom is 0.123 e. The minimum Gasteiger partial charge on any atom is -0.374 e. The molecule has 1 aliphatic rings. The third-order valence-electron chi connectivity index (χ3n) is 5.22. The Balaban J connectivity index is 1.63. The zero-order valence-corrected chi connectivity index (χ0v) is 14.0. The molecular weight excluding hydrogens is 272 g/mol. The molecule has 0 amide bonds. The Hall–Kier alpha value is -1.15. The Labute approximate surface area is 135 Å². The molecule has 0 spiro atoms. The molecule has 2 nitrogen and oxygen atoms in total. The number of carbonyl (C=O) groups is 1. The Kier molecular flexibility index (Phi) is 7.11. The maximum absolute atomic E-state index is 10.8. The highest BCUT2D eigenvalue weighted by molar-refractivity contribution is 5.53. The van der Waals surface area contributed by atoms with Gasteiger partial charge in [-0.1, -0.05) is 37.3 Å². The number of hydrogen-bond acceptors (Lipinski definition) is 2. The SMILES string of the molecule is CC(CCC(C)C1CCC(C=O)CC1)OCc1ccccc1. The van der Waals surface area contributed by atoms with Crippen molar-refractivity contribution in [3.8, 4) is 0 Å². The summed E-state index contributed by atoms with van der Waals surface area (Å²) in [6, 6.07) is 10.4. The summed E-state index contributed by atoms with van der Waals surface area (Å²) in [6.45, 7) is 5.26. The van der Waals surface area contributed by atoms with Crippen LogP contribution in [0.1, 0.15) is 57.9 Å². The number of hydrogen-bond donors (Lipinski definition) is 0. The van der Waals surface area contributed by atoms with Crippen molar-refractivity contribution in [2.45, 2.75) is 65.1 Å². The molecule has 1 aromatic carbocycles. The van der Waals surface area contributed by atoms with Crippen molar-refractivity contribution in [2.75, 3.05) is 0 Å². The van der Waals surface area contributed by atoms with Crippen molar-refractivity contribution < 1.29 is 9.53 Å². The van der Waals surface area contributed by atoms with Crippen LogP contribution in [-0.4, -0.2) is 12.4 Å². The van der Waals surface area contributed by atoms with E-state index in [1.807, 2.05) is 6.07 Å². The van der Waals surface area contributed by atoms with Crippen LogP contribution in [0.3, 0.4) is 0 Å². The first-order chi connectivity index (χ1) is 10.7. The lowest BCUT2D eigenvalue weighted by Crippen LogP contribution is -2.22. The second-order valence-corrected chi connectivity index (χ2v) is 6.97. The molecule has 0 aliphatic heterocycles. The molecule has 1 fully saturated rings. The fraction of sp³-hybridized carbons (Fsp3) is 0.650. The molecule has 0 saturated heterocycles. The van der Waals surface area contributed by atoms with E-state index >= 15 is 0 Å². The van der Waals surface area contributed by atoms with Crippen LogP contribution in [0.2, 0.25) is 0 Å². The molecule has 2 unspecified atom stereocenters. The number of carbonyl (C=O) groups excluding carboxylic acids is 1. The molecule has 1 aliphatic carbocycles. The van der Waals surface area contributed by atoms with Crippen LogP contribution in [0.15, 0.2) is 30.3 Å². The van der Waals surface area contributed by atoms with Gasteiger partial charge in [-0.05, 0) is 62.8 Å². The van der Waals surface area contributed by atoms with Gasteiger partial charge in [-0.15, -0.1) is 0 Å². The third-order valence-corrected chi connectivity index (χ3v) is 5.22. The Morgan fingerprint density at radius 2 is 1.77 bits per heavy atom. The average molecular weight is 302 g/mol. The summed E-state index contributed by atoms with van der Waals surface area (Å²) in [5.74, 6) is 1.88. The molecule has 0 N–H and O–H groups in total. The zero-order chi connectivity index (χ0) is 15.8. The number of rotatable bonds is 8. The summed E-state index contributed by atoms with van der Waals surface area (Å²) in [6.07, 6.45) is 8.47. The smallest absolute Gasteiger partial charge is 0.123 e. The summed E-state index contributed by atoms with van der Waals surface area (Å²) in [5, 5.41) is 0. The van der Waals surface area contributed by atoms with Gasteiger partial charge in [0, 0.05) is 5.92 Å². The molecule has 0 heterocycles. The van der Waals surface area contributed by atoms with Crippen LogP contribution in [0, 0.1) is 17.8 Å². The molecule has 0 radical (unpaired) electrons. The van der Waals surface area contributed by atoms with Gasteiger partial charge >= 0.3 is 0 Å². The Morgan fingerprint density at radius 1 is 1.09 bits per heavy atom. The van der Waals surface area contributed by atoms with Gasteiger partial charge < -0.3 is 9.53 Å². The Bertz CT molecular complexity index is 421. The van der Waals surface area contributed by atoms with E-state index < -0.39 is 0 Å². The fourth-order valence-corrected chi connectivity index (χ4v) is 3.48. The molecule has 2 heteroatoms. The predicted octanol–water partition coefficient (Wildman–Crippen LogP) is 5.01. The van der Waals surface area contributed by atoms with Gasteiger partial charge in [-0.3, -0.25) is 0 Å². The van der Waals surface area contributed by atoms with Crippen molar-refractivity contribution >= 4 is 6.29 Å². The topological polar surface area (TPSA) is 26.3 Å². The summed E-state index contributed by atoms with van der Waals surface area (Å²) < 4.78 is 5.95. The summed E-state index contributed by atoms with van der Waals surface area (Å²) >= 11 is 0. The molecule has 2 atom stereocenters. The maximum atomic E-state index is 10.8. The first kappa shape index (κ1) is 17.2. The average Bonchev–Trinajstić information content (AvgIpc) is 2.58. The third kappa shape index (κ3) is 5.57. The molecule has 22 heavy (non-hydrogen) atoms. The van der Waals surface area contributed by atoms with Crippen molar-refractivity contribution in [2.24, 2.45) is 17.8 Å². The minimum absolute atomic E-state index is 0.314. The van der Waals surface area contributed by atoms with E-state index in [4.69, 9.17) is 4.74 Å². The van der Waals surface area contributed by atoms with Gasteiger partial charge in [0.25, 0.3) is 0 Å². The normalized spacial score (nSPS) is 24.6. The molecule has 1 saturated carbocycles. The summed E-state index contributed by atoms with van der Waals surface area (Å²) in [7, 11) is 0. The second kappa shape index (κ2) is 9.09. The molecule has 0 bridgehead atoms. The van der Waals surface area contributed by atoms with Crippen molar-refractivity contribution in [1.82, 2.24) is 0 Å². The van der Waals surface area contributed by atoms with Crippen LogP contribution < -0.4 is 0 Å². The number of benzene rings is 1. The van der Waals surface area contributed by atoms with E-state index in [1.165, 1.54) is 24.8 Å². The van der Waals surface area contributed by atoms with Crippen molar-refractivity contribution in [3.05, 3.63) is 35.9 Å². The minimum atomic E-state index is 0.314. The lowest BCUT2D eigenvalue weighted by atomic mass is 9.75. The van der Waals surface area contributed by atoms with Gasteiger partial charge in [-0.25, -0.2) is 0 Å². The first-order valence-corrected chi connectivity index (χ1v) is 8.80. The monoisotopic (exact) mass is 302 g/mol. The van der Waals surface area contributed by atoms with Crippen LogP contribution in [0.5, 0.6) is 0 Å². The van der Waals surface area contributed by atoms with Crippen LogP contribution in [-0.2, 0) is 16.1 Å². The summed E-state index contributed by atoms with van der Waals surface area (Å²) in [4.78, 5) is 10.8. The van der Waals surface area contributed by atoms with Gasteiger partial charge in [0.05, 0.1) is 12.7 Å². The first-order valence-electron chi connectivity index (χ1n) is 8.80. The van der Waals surface area contributed by atoms with Gasteiger partial charge in [-0.2, -0.15) is 0 Å². The molecule has 0 aromatic heterocycles. The fourth-order valence-electron chi connectivity index (χ4n) is 3.48. The molecular formula is C20H30O2. The zero-order valence-electron chi connectivity index (χ0n) is 14.0. The highest BCUT2D eigenvalue weighted by atomic mass is 16.5. The largest absolute Gasteiger partial charge is 0.374 e. The van der Waals surface area contributed by atoms with Crippen molar-refractivity contribution in [1.29, 1.82) is 0 Å². The van der Waals surface area contributed by atoms with Crippen LogP contribution in [0.4, 0.5) is 0 Å². The quantitative estimate of drug-likeness (QED) is 0.631. The lowest BCUT2D eigenvalue weighted by Gasteiger charge is -2.30. The van der Waals surface area contributed by atoms with Gasteiger partial charge in [0.1, 0.15) is 6.29 Å². The van der Waals surface area contributed by atoms with E-state index in [1.54, 1.807) is 0 Å². The van der Waals surface area contributed by atoms with E-state index in [0.29, 0.717) is 18.6 Å². The number of aldehydes is 1. The molecule has 2 rings (SSSR count). The van der Waals surface area contributed by atoms with E-state index in [0.717, 1.165) is 37.4 Å². The van der Waals surface area contributed by atoms with E-state index in [-0.39, 0.29) is 0 Å². The Morgan fingerprint density at radius 3 is 2.41 bits per heavy atom. The van der Waals surface area contributed by atoms with Gasteiger partial charge in [0.15, 0.2) is 0 Å². The van der Waals surface area contributed by atoms with Crippen LogP contribution in [0.25, 0.3) is 0 Å². The highest BCUT2D eigenvalue weighted by Gasteiger charge is 2.25. The molecule has 1 aromatic rings. The summed E-state index contributed by atoms with van der Waals surface area (Å²) in [5.41, 5.74) is 1.24. The predicted molar refractivity (Wildman–Crippen MR) is 90.6 cm³/mol. The van der Waals surface area contributed by atoms with Gasteiger partial charge in [0.2, 0.25) is 0 Å². The van der Waals surface area contributed by atoms with Crippen molar-refractivity contribution in [3.63, 3.8) is 0 Å². The molecule has 122 valence electrons.